The van der Waals surface area contributed by atoms with Gasteiger partial charge in [0.1, 0.15) is 5.75 Å². The van der Waals surface area contributed by atoms with Crippen molar-refractivity contribution in [3.8, 4) is 5.75 Å². The Kier molecular flexibility index (Phi) is 8.56. The Morgan fingerprint density at radius 3 is 2.19 bits per heavy atom. The van der Waals surface area contributed by atoms with Crippen LogP contribution in [-0.4, -0.2) is 23.5 Å². The first-order valence-corrected chi connectivity index (χ1v) is 10.7. The summed E-state index contributed by atoms with van der Waals surface area (Å²) in [6.07, 6.45) is 0.975. The van der Waals surface area contributed by atoms with E-state index in [0.29, 0.717) is 29.5 Å². The van der Waals surface area contributed by atoms with Crippen molar-refractivity contribution in [2.75, 3.05) is 17.2 Å². The van der Waals surface area contributed by atoms with Gasteiger partial charge in [-0.05, 0) is 67.0 Å². The highest BCUT2D eigenvalue weighted by Crippen LogP contribution is 2.20. The maximum atomic E-state index is 12.4. The van der Waals surface area contributed by atoms with Crippen molar-refractivity contribution in [3.05, 3.63) is 54.1 Å². The number of hydrogen-bond donors (Lipinski definition) is 3. The van der Waals surface area contributed by atoms with Gasteiger partial charge in [0.05, 0.1) is 6.61 Å². The molecular formula is C24H31N3O3S. The van der Waals surface area contributed by atoms with E-state index >= 15 is 0 Å². The number of nitrogens with one attached hydrogen (secondary N) is 3. The first-order valence-electron chi connectivity index (χ1n) is 10.3. The summed E-state index contributed by atoms with van der Waals surface area (Å²) in [7, 11) is 0. The minimum Gasteiger partial charge on any atom is -0.494 e. The Morgan fingerprint density at radius 1 is 1.00 bits per heavy atom. The fourth-order valence-electron chi connectivity index (χ4n) is 2.45. The average Bonchev–Trinajstić information content (AvgIpc) is 2.67. The minimum atomic E-state index is -0.498. The molecule has 0 radical (unpaired) electrons. The fraction of sp³-hybridized carbons (Fsp3) is 0.375. The van der Waals surface area contributed by atoms with Crippen molar-refractivity contribution in [1.29, 1.82) is 0 Å². The fourth-order valence-corrected chi connectivity index (χ4v) is 2.66. The van der Waals surface area contributed by atoms with Crippen LogP contribution >= 0.6 is 12.2 Å². The number of carbonyl (C=O) groups is 2. The molecule has 0 spiro atoms. The van der Waals surface area contributed by atoms with Crippen LogP contribution in [0.4, 0.5) is 11.4 Å². The van der Waals surface area contributed by atoms with Gasteiger partial charge in [-0.15, -0.1) is 0 Å². The Bertz CT molecular complexity index is 918. The maximum absolute atomic E-state index is 12.4. The number of thiocarbonyl (C=S) groups is 1. The van der Waals surface area contributed by atoms with Gasteiger partial charge in [0.2, 0.25) is 5.91 Å². The number of rotatable bonds is 7. The third-order valence-corrected chi connectivity index (χ3v) is 4.57. The SMILES string of the molecule is CC(C)CCOc1ccc(C(=O)NC(=S)Nc2cccc(NC(=O)C(C)(C)C)c2)cc1. The van der Waals surface area contributed by atoms with Gasteiger partial charge in [0.25, 0.3) is 5.91 Å². The third-order valence-electron chi connectivity index (χ3n) is 4.37. The summed E-state index contributed by atoms with van der Waals surface area (Å²) < 4.78 is 5.67. The molecule has 3 N–H and O–H groups in total. The van der Waals surface area contributed by atoms with Crippen molar-refractivity contribution in [1.82, 2.24) is 5.32 Å². The molecule has 2 amide bonds. The van der Waals surface area contributed by atoms with Crippen LogP contribution in [-0.2, 0) is 4.79 Å². The number of carbonyl (C=O) groups excluding carboxylic acids is 2. The zero-order chi connectivity index (χ0) is 23.0. The van der Waals surface area contributed by atoms with Crippen LogP contribution in [0.3, 0.4) is 0 Å². The van der Waals surface area contributed by atoms with Gasteiger partial charge in [-0.3, -0.25) is 14.9 Å². The minimum absolute atomic E-state index is 0.0860. The van der Waals surface area contributed by atoms with E-state index in [9.17, 15) is 9.59 Å². The Labute approximate surface area is 189 Å². The van der Waals surface area contributed by atoms with E-state index in [-0.39, 0.29) is 16.9 Å². The van der Waals surface area contributed by atoms with Gasteiger partial charge in [-0.1, -0.05) is 40.7 Å². The number of amides is 2. The normalized spacial score (nSPS) is 11.0. The molecule has 7 heteroatoms. The predicted octanol–water partition coefficient (Wildman–Crippen LogP) is 5.22. The van der Waals surface area contributed by atoms with Crippen LogP contribution in [0.2, 0.25) is 0 Å². The number of ether oxygens (including phenoxy) is 1. The largest absolute Gasteiger partial charge is 0.494 e. The van der Waals surface area contributed by atoms with Crippen molar-refractivity contribution >= 4 is 40.5 Å². The summed E-state index contributed by atoms with van der Waals surface area (Å²) in [5, 5.41) is 8.66. The lowest BCUT2D eigenvalue weighted by molar-refractivity contribution is -0.123. The van der Waals surface area contributed by atoms with Crippen LogP contribution in [0.15, 0.2) is 48.5 Å². The lowest BCUT2D eigenvalue weighted by Crippen LogP contribution is -2.34. The van der Waals surface area contributed by atoms with Gasteiger partial charge in [0.15, 0.2) is 5.11 Å². The maximum Gasteiger partial charge on any atom is 0.257 e. The van der Waals surface area contributed by atoms with Gasteiger partial charge in [-0.25, -0.2) is 0 Å². The van der Waals surface area contributed by atoms with E-state index in [0.717, 1.165) is 12.2 Å². The molecule has 2 aromatic carbocycles. The number of benzene rings is 2. The summed E-state index contributed by atoms with van der Waals surface area (Å²) >= 11 is 5.25. The molecule has 31 heavy (non-hydrogen) atoms. The Morgan fingerprint density at radius 2 is 1.61 bits per heavy atom. The van der Waals surface area contributed by atoms with Gasteiger partial charge >= 0.3 is 0 Å². The Hall–Kier alpha value is -2.93. The summed E-state index contributed by atoms with van der Waals surface area (Å²) in [4.78, 5) is 24.6. The van der Waals surface area contributed by atoms with E-state index in [4.69, 9.17) is 17.0 Å². The van der Waals surface area contributed by atoms with Crippen LogP contribution in [0.25, 0.3) is 0 Å². The monoisotopic (exact) mass is 441 g/mol. The molecule has 0 saturated heterocycles. The predicted molar refractivity (Wildman–Crippen MR) is 130 cm³/mol. The van der Waals surface area contributed by atoms with Gasteiger partial charge < -0.3 is 15.4 Å². The molecule has 0 unspecified atom stereocenters. The van der Waals surface area contributed by atoms with Crippen LogP contribution in [0.1, 0.15) is 51.4 Å². The molecule has 0 saturated carbocycles. The summed E-state index contributed by atoms with van der Waals surface area (Å²) in [5.74, 6) is 0.904. The first-order chi connectivity index (χ1) is 14.5. The van der Waals surface area contributed by atoms with Crippen molar-refractivity contribution < 1.29 is 14.3 Å². The molecule has 0 aliphatic rings. The van der Waals surface area contributed by atoms with Gasteiger partial charge in [-0.2, -0.15) is 0 Å². The van der Waals surface area contributed by atoms with Crippen molar-refractivity contribution in [3.63, 3.8) is 0 Å². The molecular weight excluding hydrogens is 410 g/mol. The van der Waals surface area contributed by atoms with Crippen LogP contribution in [0, 0.1) is 11.3 Å². The summed E-state index contributed by atoms with van der Waals surface area (Å²) in [6.45, 7) is 10.5. The van der Waals surface area contributed by atoms with Crippen LogP contribution in [0.5, 0.6) is 5.75 Å². The second kappa shape index (κ2) is 10.9. The standard InChI is InChI=1S/C24H31N3O3S/c1-16(2)13-14-30-20-11-9-17(10-12-20)21(28)27-23(31)26-19-8-6-7-18(15-19)25-22(29)24(3,4)5/h6-12,15-16H,13-14H2,1-5H3,(H,25,29)(H2,26,27,28,31). The zero-order valence-corrected chi connectivity index (χ0v) is 19.6. The molecule has 0 aliphatic heterocycles. The molecule has 0 aromatic heterocycles. The van der Waals surface area contributed by atoms with Gasteiger partial charge in [0, 0.05) is 22.4 Å². The molecule has 6 nitrogen and oxygen atoms in total. The molecule has 0 atom stereocenters. The van der Waals surface area contributed by atoms with Crippen molar-refractivity contribution in [2.45, 2.75) is 41.0 Å². The second-order valence-corrected chi connectivity index (χ2v) is 9.16. The zero-order valence-electron chi connectivity index (χ0n) is 18.7. The van der Waals surface area contributed by atoms with Crippen molar-refractivity contribution in [2.24, 2.45) is 11.3 Å². The molecule has 0 heterocycles. The highest BCUT2D eigenvalue weighted by atomic mass is 32.1. The highest BCUT2D eigenvalue weighted by molar-refractivity contribution is 7.80. The molecule has 2 aromatic rings. The molecule has 166 valence electrons. The van der Waals surface area contributed by atoms with E-state index in [1.165, 1.54) is 0 Å². The lowest BCUT2D eigenvalue weighted by atomic mass is 9.95. The quantitative estimate of drug-likeness (QED) is 0.513. The molecule has 0 bridgehead atoms. The van der Waals surface area contributed by atoms with Crippen LogP contribution < -0.4 is 20.7 Å². The molecule has 0 aliphatic carbocycles. The first kappa shape index (κ1) is 24.3. The molecule has 0 fully saturated rings. The number of anilines is 2. The second-order valence-electron chi connectivity index (χ2n) is 8.75. The summed E-state index contributed by atoms with van der Waals surface area (Å²) in [5.41, 5.74) is 1.28. The van der Waals surface area contributed by atoms with E-state index < -0.39 is 5.41 Å². The number of hydrogen-bond acceptors (Lipinski definition) is 4. The molecule has 2 rings (SSSR count). The highest BCUT2D eigenvalue weighted by Gasteiger charge is 2.21. The third kappa shape index (κ3) is 8.38. The van der Waals surface area contributed by atoms with E-state index in [1.54, 1.807) is 48.5 Å². The Balaban J connectivity index is 1.90. The smallest absolute Gasteiger partial charge is 0.257 e. The topological polar surface area (TPSA) is 79.5 Å². The average molecular weight is 442 g/mol. The summed E-state index contributed by atoms with van der Waals surface area (Å²) in [6, 6.07) is 14.1. The van der Waals surface area contributed by atoms with E-state index in [1.807, 2.05) is 20.8 Å². The lowest BCUT2D eigenvalue weighted by Gasteiger charge is -2.18. The van der Waals surface area contributed by atoms with E-state index in [2.05, 4.69) is 29.8 Å².